The summed E-state index contributed by atoms with van der Waals surface area (Å²) in [5.41, 5.74) is 1.23. The van der Waals surface area contributed by atoms with E-state index in [1.54, 1.807) is 6.07 Å². The average molecular weight is 542 g/mol. The zero-order valence-corrected chi connectivity index (χ0v) is 21.9. The van der Waals surface area contributed by atoms with Crippen molar-refractivity contribution in [2.45, 2.75) is 64.1 Å². The van der Waals surface area contributed by atoms with Crippen molar-refractivity contribution in [3.8, 4) is 17.1 Å². The molecule has 39 heavy (non-hydrogen) atoms. The van der Waals surface area contributed by atoms with E-state index in [-0.39, 0.29) is 17.6 Å². The van der Waals surface area contributed by atoms with Crippen LogP contribution in [0, 0.1) is 6.92 Å². The lowest BCUT2D eigenvalue weighted by atomic mass is 10.1. The second kappa shape index (κ2) is 11.0. The van der Waals surface area contributed by atoms with Gasteiger partial charge in [-0.25, -0.2) is 14.8 Å². The van der Waals surface area contributed by atoms with E-state index in [2.05, 4.69) is 15.3 Å². The molecule has 1 heterocycles. The van der Waals surface area contributed by atoms with E-state index >= 15 is 0 Å². The molecule has 2 N–H and O–H groups in total. The molecule has 206 valence electrons. The lowest BCUT2D eigenvalue weighted by Gasteiger charge is -2.23. The predicted molar refractivity (Wildman–Crippen MR) is 139 cm³/mol. The number of carboxylic acids is 1. The Bertz CT molecular complexity index is 1370. The van der Waals surface area contributed by atoms with E-state index in [1.807, 2.05) is 19.1 Å². The molecule has 1 saturated carbocycles. The molecule has 1 fully saturated rings. The normalized spacial score (nSPS) is 13.7. The molecule has 0 bridgehead atoms. The van der Waals surface area contributed by atoms with Gasteiger partial charge in [-0.3, -0.25) is 4.79 Å². The molecular weight excluding hydrogens is 511 g/mol. The maximum Gasteiger partial charge on any atom is 0.416 e. The summed E-state index contributed by atoms with van der Waals surface area (Å²) in [7, 11) is 0. The van der Waals surface area contributed by atoms with Crippen molar-refractivity contribution in [2.75, 3.05) is 6.54 Å². The summed E-state index contributed by atoms with van der Waals surface area (Å²) in [4.78, 5) is 33.0. The van der Waals surface area contributed by atoms with Crippen LogP contribution < -0.4 is 10.1 Å². The molecule has 0 spiro atoms. The van der Waals surface area contributed by atoms with Crippen molar-refractivity contribution in [1.29, 1.82) is 0 Å². The summed E-state index contributed by atoms with van der Waals surface area (Å²) >= 11 is 0. The Kier molecular flexibility index (Phi) is 7.94. The van der Waals surface area contributed by atoms with Gasteiger partial charge in [0.15, 0.2) is 11.4 Å². The number of nitrogens with zero attached hydrogens (tertiary/aromatic N) is 2. The van der Waals surface area contributed by atoms with Gasteiger partial charge in [-0.2, -0.15) is 13.2 Å². The highest BCUT2D eigenvalue weighted by Crippen LogP contribution is 2.41. The molecule has 1 aliphatic rings. The number of aryl methyl sites for hydroxylation is 2. The van der Waals surface area contributed by atoms with Crippen LogP contribution in [0.4, 0.5) is 13.2 Å². The summed E-state index contributed by atoms with van der Waals surface area (Å²) in [5.74, 6) is -0.404. The van der Waals surface area contributed by atoms with Crippen molar-refractivity contribution >= 4 is 11.9 Å². The minimum Gasteiger partial charge on any atom is -0.478 e. The van der Waals surface area contributed by atoms with Gasteiger partial charge in [0.05, 0.1) is 16.8 Å². The second-order valence-corrected chi connectivity index (χ2v) is 10.2. The Morgan fingerprint density at radius 1 is 1.10 bits per heavy atom. The highest BCUT2D eigenvalue weighted by Gasteiger charge is 2.32. The first-order valence-corrected chi connectivity index (χ1v) is 12.7. The Hall–Kier alpha value is -3.95. The number of halogens is 3. The molecular formula is C29H30F3N3O4. The summed E-state index contributed by atoms with van der Waals surface area (Å²) in [6, 6.07) is 10.2. The lowest BCUT2D eigenvalue weighted by Crippen LogP contribution is -2.38. The third kappa shape index (κ3) is 6.93. The topological polar surface area (TPSA) is 101 Å². The van der Waals surface area contributed by atoms with Crippen LogP contribution in [-0.2, 0) is 17.4 Å². The molecule has 4 rings (SSSR count). The predicted octanol–water partition coefficient (Wildman–Crippen LogP) is 5.95. The molecule has 0 atom stereocenters. The van der Waals surface area contributed by atoms with Crippen LogP contribution in [0.1, 0.15) is 71.8 Å². The second-order valence-electron chi connectivity index (χ2n) is 10.2. The number of hydrogen-bond donors (Lipinski definition) is 2. The van der Waals surface area contributed by atoms with Crippen LogP contribution in [-0.4, -0.2) is 39.1 Å². The summed E-state index contributed by atoms with van der Waals surface area (Å²) in [6.45, 7) is 5.26. The third-order valence-electron chi connectivity index (χ3n) is 6.54. The molecule has 7 nitrogen and oxygen atoms in total. The molecule has 0 radical (unpaired) electrons. The first kappa shape index (κ1) is 28.1. The SMILES string of the molecule is Cc1cc(CCCNC(=O)c2cnc(-c3ccc(C(F)(F)F)cc3)nc2C2CC2)ccc1OC(C)(C)C(=O)O. The largest absolute Gasteiger partial charge is 0.478 e. The van der Waals surface area contributed by atoms with Gasteiger partial charge < -0.3 is 15.2 Å². The van der Waals surface area contributed by atoms with Gasteiger partial charge in [-0.15, -0.1) is 0 Å². The number of ether oxygens (including phenoxy) is 1. The number of aromatic nitrogens is 2. The molecule has 1 aromatic heterocycles. The number of hydrogen-bond acceptors (Lipinski definition) is 5. The van der Waals surface area contributed by atoms with Crippen molar-refractivity contribution in [1.82, 2.24) is 15.3 Å². The van der Waals surface area contributed by atoms with Gasteiger partial charge in [0.2, 0.25) is 0 Å². The number of rotatable bonds is 10. The molecule has 10 heteroatoms. The minimum absolute atomic E-state index is 0.136. The summed E-state index contributed by atoms with van der Waals surface area (Å²) < 4.78 is 44.3. The molecule has 3 aromatic rings. The molecule has 0 aliphatic heterocycles. The quantitative estimate of drug-likeness (QED) is 0.308. The minimum atomic E-state index is -4.42. The van der Waals surface area contributed by atoms with Crippen LogP contribution in [0.2, 0.25) is 0 Å². The number of nitrogens with one attached hydrogen (secondary N) is 1. The highest BCUT2D eigenvalue weighted by molar-refractivity contribution is 5.95. The monoisotopic (exact) mass is 541 g/mol. The van der Waals surface area contributed by atoms with Crippen LogP contribution in [0.5, 0.6) is 5.75 Å². The van der Waals surface area contributed by atoms with Crippen LogP contribution in [0.3, 0.4) is 0 Å². The number of aliphatic carboxylic acids is 1. The van der Waals surface area contributed by atoms with E-state index < -0.39 is 23.3 Å². The van der Waals surface area contributed by atoms with Gasteiger partial charge in [-0.05, 0) is 75.8 Å². The van der Waals surface area contributed by atoms with E-state index in [9.17, 15) is 27.9 Å². The number of amides is 1. The smallest absolute Gasteiger partial charge is 0.416 e. The van der Waals surface area contributed by atoms with Gasteiger partial charge in [-0.1, -0.05) is 24.3 Å². The number of carbonyl (C=O) groups is 2. The van der Waals surface area contributed by atoms with E-state index in [0.717, 1.165) is 36.1 Å². The Morgan fingerprint density at radius 2 is 1.79 bits per heavy atom. The third-order valence-corrected chi connectivity index (χ3v) is 6.54. The van der Waals surface area contributed by atoms with Crippen molar-refractivity contribution in [2.24, 2.45) is 0 Å². The summed E-state index contributed by atoms with van der Waals surface area (Å²) in [5, 5.41) is 12.2. The van der Waals surface area contributed by atoms with Gasteiger partial charge in [0.25, 0.3) is 5.91 Å². The van der Waals surface area contributed by atoms with Gasteiger partial charge >= 0.3 is 12.1 Å². The molecule has 1 amide bonds. The molecule has 2 aromatic carbocycles. The van der Waals surface area contributed by atoms with Gasteiger partial charge in [0, 0.05) is 24.2 Å². The maximum atomic E-state index is 12.9. The Balaban J connectivity index is 1.36. The fraction of sp³-hybridized carbons (Fsp3) is 0.379. The highest BCUT2D eigenvalue weighted by atomic mass is 19.4. The van der Waals surface area contributed by atoms with Crippen LogP contribution in [0.15, 0.2) is 48.7 Å². The zero-order valence-electron chi connectivity index (χ0n) is 21.9. The zero-order chi connectivity index (χ0) is 28.4. The first-order chi connectivity index (χ1) is 18.3. The van der Waals surface area contributed by atoms with Crippen molar-refractivity contribution in [3.63, 3.8) is 0 Å². The Morgan fingerprint density at radius 3 is 2.38 bits per heavy atom. The maximum absolute atomic E-state index is 12.9. The van der Waals surface area contributed by atoms with Gasteiger partial charge in [0.1, 0.15) is 5.75 Å². The number of carbonyl (C=O) groups excluding carboxylic acids is 1. The fourth-order valence-corrected chi connectivity index (χ4v) is 4.08. The number of benzene rings is 2. The average Bonchev–Trinajstić information content (AvgIpc) is 3.73. The van der Waals surface area contributed by atoms with Crippen LogP contribution in [0.25, 0.3) is 11.4 Å². The van der Waals surface area contributed by atoms with E-state index in [1.165, 1.54) is 32.2 Å². The van der Waals surface area contributed by atoms with E-state index in [4.69, 9.17) is 4.74 Å². The van der Waals surface area contributed by atoms with Crippen molar-refractivity contribution < 1.29 is 32.6 Å². The van der Waals surface area contributed by atoms with Crippen LogP contribution >= 0.6 is 0 Å². The van der Waals surface area contributed by atoms with E-state index in [0.29, 0.717) is 42.0 Å². The molecule has 1 aliphatic carbocycles. The first-order valence-electron chi connectivity index (χ1n) is 12.7. The Labute approximate surface area is 224 Å². The standard InChI is InChI=1S/C29H30F3N3O4/c1-17-15-18(6-13-23(17)39-28(2,3)27(37)38)5-4-14-33-26(36)22-16-34-25(35-24(22)19-7-8-19)20-9-11-21(12-10-20)29(30,31)32/h6,9-13,15-16,19H,4-5,7-8,14H2,1-3H3,(H,33,36)(H,37,38). The van der Waals surface area contributed by atoms with Crippen molar-refractivity contribution in [3.05, 3.63) is 76.6 Å². The lowest BCUT2D eigenvalue weighted by molar-refractivity contribution is -0.152. The molecule has 0 unspecified atom stereocenters. The number of carboxylic acid groups (broad SMARTS) is 1. The number of alkyl halides is 3. The fourth-order valence-electron chi connectivity index (χ4n) is 4.08. The summed E-state index contributed by atoms with van der Waals surface area (Å²) in [6.07, 6.45) is 0.191. The molecule has 0 saturated heterocycles.